The van der Waals surface area contributed by atoms with Gasteiger partial charge in [-0.2, -0.15) is 0 Å². The minimum Gasteiger partial charge on any atom is 0 e. The fourth-order valence-electron chi connectivity index (χ4n) is 4.14. The summed E-state index contributed by atoms with van der Waals surface area (Å²) < 4.78 is 22.5. The quantitative estimate of drug-likeness (QED) is 0.214. The van der Waals surface area contributed by atoms with Crippen molar-refractivity contribution in [2.24, 2.45) is 0 Å². The molecule has 0 aliphatic heterocycles. The van der Waals surface area contributed by atoms with Crippen molar-refractivity contribution in [3.05, 3.63) is 118 Å². The fourth-order valence-corrected chi connectivity index (χ4v) is 10.1. The van der Waals surface area contributed by atoms with Gasteiger partial charge >= 0.3 is 33.9 Å². The minimum absolute atomic E-state index is 0. The first-order chi connectivity index (χ1) is 16.5. The summed E-state index contributed by atoms with van der Waals surface area (Å²) in [6.45, 7) is 25.5. The molecule has 2 aromatic rings. The zero-order chi connectivity index (χ0) is 26.1. The van der Waals surface area contributed by atoms with Gasteiger partial charge in [-0.25, -0.2) is 0 Å². The monoisotopic (exact) mass is 542 g/mol. The maximum Gasteiger partial charge on any atom is 0 e. The Labute approximate surface area is 226 Å². The first-order valence-corrected chi connectivity index (χ1v) is 13.8. The van der Waals surface area contributed by atoms with Gasteiger partial charge in [0.15, 0.2) is 0 Å². The summed E-state index contributed by atoms with van der Waals surface area (Å²) in [5, 5.41) is 2.92. The van der Waals surface area contributed by atoms with Crippen LogP contribution >= 0.6 is 15.8 Å². The molecule has 0 bridgehead atoms. The van der Waals surface area contributed by atoms with E-state index in [0.717, 1.165) is 0 Å². The number of benzene rings is 2. The van der Waals surface area contributed by atoms with Crippen LogP contribution in [0.4, 0.5) is 0 Å². The molecule has 0 amide bonds. The van der Waals surface area contributed by atoms with E-state index in [9.17, 15) is 0 Å². The fraction of sp³-hybridized carbons (Fsp3) is 0.276. The Morgan fingerprint density at radius 2 is 0.971 bits per heavy atom. The van der Waals surface area contributed by atoms with E-state index in [2.05, 4.69) is 141 Å². The van der Waals surface area contributed by atoms with E-state index in [-0.39, 0.29) is 25.3 Å². The number of hydrogen-bond donors (Lipinski definition) is 0. The molecule has 3 rings (SSSR count). The Morgan fingerprint density at radius 3 is 1.34 bits per heavy atom. The Kier molecular flexibility index (Phi) is 21.9. The van der Waals surface area contributed by atoms with Gasteiger partial charge in [0, 0.05) is 23.0 Å². The van der Waals surface area contributed by atoms with Crippen molar-refractivity contribution in [3.8, 4) is 0 Å². The third-order valence-corrected chi connectivity index (χ3v) is 11.2. The van der Waals surface area contributed by atoms with Crippen LogP contribution in [0.5, 0.6) is 0 Å². The topological polar surface area (TPSA) is 59.7 Å². The molecule has 2 aromatic carbocycles. The number of rotatable bonds is 7. The second-order valence-electron chi connectivity index (χ2n) is 7.87. The van der Waals surface area contributed by atoms with E-state index in [1.807, 2.05) is 0 Å². The summed E-state index contributed by atoms with van der Waals surface area (Å²) in [6, 6.07) is 22.2. The standard InChI is InChI=1S/C26H32P2.3CO.Cr/c1-20(2)27(21(3)4)26-19-13-12-18-25(26)22(5)28(23-14-8-6-9-15-23)24-16-10-7-11-17-24;3*1-2;/h6-22H,1-5H3;;;;/t22-;;;;/m1..../s1. The van der Waals surface area contributed by atoms with Crippen LogP contribution in [0, 0.1) is 57.2 Å². The van der Waals surface area contributed by atoms with Gasteiger partial charge in [0.2, 0.25) is 0 Å². The predicted molar refractivity (Wildman–Crippen MR) is 141 cm³/mol. The van der Waals surface area contributed by atoms with Gasteiger partial charge < -0.3 is 0 Å². The Balaban J connectivity index is 0. The summed E-state index contributed by atoms with van der Waals surface area (Å²) in [6.07, 6.45) is 9.26. The second-order valence-corrected chi connectivity index (χ2v) is 13.8. The van der Waals surface area contributed by atoms with E-state index in [1.54, 1.807) is 11.6 Å². The van der Waals surface area contributed by atoms with Crippen molar-refractivity contribution < 1.29 is 31.3 Å². The van der Waals surface area contributed by atoms with E-state index in [4.69, 9.17) is 14.0 Å². The van der Waals surface area contributed by atoms with Crippen LogP contribution in [0.15, 0.2) is 60.7 Å². The maximum absolute atomic E-state index is 7.50. The third kappa shape index (κ3) is 10.9. The van der Waals surface area contributed by atoms with Gasteiger partial charge in [0.05, 0.1) is 0 Å². The molecule has 1 aliphatic carbocycles. The molecule has 182 valence electrons. The van der Waals surface area contributed by atoms with Crippen LogP contribution in [0.25, 0.3) is 0 Å². The van der Waals surface area contributed by atoms with E-state index < -0.39 is 7.92 Å². The Morgan fingerprint density at radius 1 is 0.600 bits per heavy atom. The van der Waals surface area contributed by atoms with E-state index in [0.29, 0.717) is 17.0 Å². The van der Waals surface area contributed by atoms with Crippen molar-refractivity contribution in [2.75, 3.05) is 0 Å². The molecule has 1 saturated carbocycles. The summed E-state index contributed by atoms with van der Waals surface area (Å²) in [4.78, 5) is 0. The van der Waals surface area contributed by atoms with Crippen LogP contribution in [0.3, 0.4) is 0 Å². The van der Waals surface area contributed by atoms with Crippen LogP contribution in [-0.2, 0) is 31.3 Å². The average molecular weight is 543 g/mol. The van der Waals surface area contributed by atoms with Crippen LogP contribution < -0.4 is 10.6 Å². The zero-order valence-electron chi connectivity index (χ0n) is 20.8. The first-order valence-electron chi connectivity index (χ1n) is 10.9. The van der Waals surface area contributed by atoms with Crippen molar-refractivity contribution in [2.45, 2.75) is 51.6 Å². The van der Waals surface area contributed by atoms with Crippen LogP contribution in [-0.4, -0.2) is 17.0 Å². The zero-order valence-corrected chi connectivity index (χ0v) is 23.9. The van der Waals surface area contributed by atoms with Crippen molar-refractivity contribution >= 4 is 26.5 Å². The Hall–Kier alpha value is -0.948. The molecule has 0 heterocycles. The molecule has 3 nitrogen and oxygen atoms in total. The molecule has 1 fully saturated rings. The SMILES string of the molecule is CC(C)P([C]1[CH][CH][CH][CH][C]1[C@@H](C)P(c1ccccc1)c1ccccc1)C(C)C.[C-]#[O+].[C-]#[O+].[C-]#[O+].[Cr]. The molecule has 0 aromatic heterocycles. The van der Waals surface area contributed by atoms with E-state index >= 15 is 0 Å². The largest absolute Gasteiger partial charge is 0 e. The van der Waals surface area contributed by atoms with Gasteiger partial charge in [-0.3, -0.25) is 0 Å². The smallest absolute Gasteiger partial charge is 0 e. The van der Waals surface area contributed by atoms with Gasteiger partial charge in [-0.15, -0.1) is 0 Å². The molecule has 0 spiro atoms. The summed E-state index contributed by atoms with van der Waals surface area (Å²) in [5.41, 5.74) is 3.49. The molecule has 1 aliphatic rings. The van der Waals surface area contributed by atoms with Crippen molar-refractivity contribution in [1.82, 2.24) is 0 Å². The van der Waals surface area contributed by atoms with Gasteiger partial charge in [-0.1, -0.05) is 103 Å². The molecule has 35 heavy (non-hydrogen) atoms. The van der Waals surface area contributed by atoms with Gasteiger partial charge in [-0.05, 0) is 67.1 Å². The van der Waals surface area contributed by atoms with Crippen LogP contribution in [0.1, 0.15) is 34.6 Å². The van der Waals surface area contributed by atoms with Crippen LogP contribution in [0.2, 0.25) is 0 Å². The Bertz CT molecular complexity index is 775. The number of hydrogen-bond acceptors (Lipinski definition) is 0. The summed E-state index contributed by atoms with van der Waals surface area (Å²) in [5.74, 6) is 1.55. The maximum atomic E-state index is 7.50. The molecule has 0 N–H and O–H groups in total. The molecule has 1 atom stereocenters. The predicted octanol–water partition coefficient (Wildman–Crippen LogP) is 6.63. The summed E-state index contributed by atoms with van der Waals surface area (Å²) >= 11 is 0. The van der Waals surface area contributed by atoms with Gasteiger partial charge in [0.1, 0.15) is 0 Å². The molecule has 6 radical (unpaired) electrons. The minimum atomic E-state index is -0.458. The second kappa shape index (κ2) is 21.2. The average Bonchev–Trinajstić information content (AvgIpc) is 2.89. The van der Waals surface area contributed by atoms with Crippen molar-refractivity contribution in [1.29, 1.82) is 0 Å². The normalized spacial score (nSPS) is 14.4. The molecule has 0 saturated heterocycles. The summed E-state index contributed by atoms with van der Waals surface area (Å²) in [7, 11) is -0.637. The molecule has 6 heteroatoms. The van der Waals surface area contributed by atoms with Crippen molar-refractivity contribution in [3.63, 3.8) is 0 Å². The molecular formula is C29H32CrO3P2. The molecular weight excluding hydrogens is 510 g/mol. The first kappa shape index (κ1) is 36.2. The van der Waals surface area contributed by atoms with E-state index in [1.165, 1.54) is 10.6 Å². The van der Waals surface area contributed by atoms with Gasteiger partial charge in [0.25, 0.3) is 0 Å². The third-order valence-electron chi connectivity index (χ3n) is 5.23. The molecule has 0 unspecified atom stereocenters.